The Morgan fingerprint density at radius 3 is 2.62 bits per heavy atom. The van der Waals surface area contributed by atoms with E-state index in [0.717, 1.165) is 51.0 Å². The second-order valence-electron chi connectivity index (χ2n) is 9.41. The lowest BCUT2D eigenvalue weighted by Crippen LogP contribution is -2.61. The van der Waals surface area contributed by atoms with Crippen molar-refractivity contribution in [1.82, 2.24) is 14.7 Å². The van der Waals surface area contributed by atoms with Gasteiger partial charge < -0.3 is 4.90 Å². The van der Waals surface area contributed by atoms with Gasteiger partial charge in [-0.25, -0.2) is 0 Å². The van der Waals surface area contributed by atoms with Gasteiger partial charge in [-0.05, 0) is 84.8 Å². The van der Waals surface area contributed by atoms with Crippen molar-refractivity contribution >= 4 is 0 Å². The van der Waals surface area contributed by atoms with Crippen molar-refractivity contribution in [3.05, 3.63) is 35.4 Å². The van der Waals surface area contributed by atoms with Crippen LogP contribution in [0.1, 0.15) is 50.7 Å². The molecule has 2 heterocycles. The highest BCUT2D eigenvalue weighted by molar-refractivity contribution is 5.26. The monoisotopic (exact) mass is 411 g/mol. The van der Waals surface area contributed by atoms with E-state index in [1.165, 1.54) is 18.6 Å². The number of nitrogens with zero attached hydrogens (tertiary/aromatic N) is 3. The molecule has 2 aliphatic rings. The third kappa shape index (κ3) is 5.33. The first-order chi connectivity index (χ1) is 13.6. The van der Waals surface area contributed by atoms with Crippen LogP contribution in [0.3, 0.4) is 0 Å². The Kier molecular flexibility index (Phi) is 6.96. The highest BCUT2D eigenvalue weighted by Crippen LogP contribution is 2.36. The SMILES string of the molecule is CC(C)N1CCC[C@](CCc2cccc(C(F)(F)F)c2)(N(C)[C@@H]2CCN(C)C2)C1. The minimum atomic E-state index is -4.28. The largest absolute Gasteiger partial charge is 0.416 e. The quantitative estimate of drug-likeness (QED) is 0.682. The molecule has 0 radical (unpaired) electrons. The minimum absolute atomic E-state index is 0.0204. The third-order valence-corrected chi connectivity index (χ3v) is 7.11. The summed E-state index contributed by atoms with van der Waals surface area (Å²) < 4.78 is 39.4. The highest BCUT2D eigenvalue weighted by Gasteiger charge is 2.43. The predicted octanol–water partition coefficient (Wildman–Crippen LogP) is 4.52. The van der Waals surface area contributed by atoms with E-state index in [9.17, 15) is 13.2 Å². The summed E-state index contributed by atoms with van der Waals surface area (Å²) in [4.78, 5) is 7.51. The van der Waals surface area contributed by atoms with Gasteiger partial charge >= 0.3 is 6.18 Å². The second-order valence-corrected chi connectivity index (χ2v) is 9.41. The molecule has 2 aliphatic heterocycles. The Bertz CT molecular complexity index is 676. The molecule has 0 N–H and O–H groups in total. The van der Waals surface area contributed by atoms with E-state index in [-0.39, 0.29) is 5.54 Å². The lowest BCUT2D eigenvalue weighted by molar-refractivity contribution is -0.137. The van der Waals surface area contributed by atoms with Crippen LogP contribution in [0.5, 0.6) is 0 Å². The molecule has 1 aromatic carbocycles. The van der Waals surface area contributed by atoms with E-state index >= 15 is 0 Å². The standard InChI is InChI=1S/C23H36F3N3/c1-18(2)29-13-6-11-22(17-29,28(4)21-10-14-27(3)16-21)12-9-19-7-5-8-20(15-19)23(24,25)26/h5,7-8,15,18,21H,6,9-14,16-17H2,1-4H3/t21-,22-/m1/s1. The average Bonchev–Trinajstić information content (AvgIpc) is 3.12. The zero-order valence-corrected chi connectivity index (χ0v) is 18.3. The average molecular weight is 412 g/mol. The predicted molar refractivity (Wildman–Crippen MR) is 112 cm³/mol. The maximum Gasteiger partial charge on any atom is 0.416 e. The maximum atomic E-state index is 13.1. The van der Waals surface area contributed by atoms with Crippen molar-refractivity contribution in [2.75, 3.05) is 40.3 Å². The molecule has 3 rings (SSSR count). The summed E-state index contributed by atoms with van der Waals surface area (Å²) in [6.07, 6.45) is 0.731. The molecule has 0 saturated carbocycles. The Balaban J connectivity index is 1.80. The van der Waals surface area contributed by atoms with Crippen molar-refractivity contribution in [2.24, 2.45) is 0 Å². The topological polar surface area (TPSA) is 9.72 Å². The van der Waals surface area contributed by atoms with Crippen LogP contribution in [0.25, 0.3) is 0 Å². The summed E-state index contributed by atoms with van der Waals surface area (Å²) in [6, 6.07) is 6.90. The molecule has 29 heavy (non-hydrogen) atoms. The Hall–Kier alpha value is -1.11. The van der Waals surface area contributed by atoms with Crippen molar-refractivity contribution in [3.63, 3.8) is 0 Å². The summed E-state index contributed by atoms with van der Waals surface area (Å²) in [5, 5.41) is 0. The van der Waals surface area contributed by atoms with Gasteiger partial charge in [0.25, 0.3) is 0 Å². The molecule has 2 atom stereocenters. The molecule has 0 bridgehead atoms. The van der Waals surface area contributed by atoms with Gasteiger partial charge in [-0.1, -0.05) is 18.2 Å². The lowest BCUT2D eigenvalue weighted by atomic mass is 9.80. The third-order valence-electron chi connectivity index (χ3n) is 7.11. The number of piperidine rings is 1. The highest BCUT2D eigenvalue weighted by atomic mass is 19.4. The van der Waals surface area contributed by atoms with Crippen LogP contribution in [0.2, 0.25) is 0 Å². The summed E-state index contributed by atoms with van der Waals surface area (Å²) in [5.74, 6) is 0. The summed E-state index contributed by atoms with van der Waals surface area (Å²) in [7, 11) is 4.42. The zero-order valence-electron chi connectivity index (χ0n) is 18.3. The van der Waals surface area contributed by atoms with Gasteiger partial charge in [0.1, 0.15) is 0 Å². The normalized spacial score (nSPS) is 27.3. The molecule has 6 heteroatoms. The number of aryl methyl sites for hydroxylation is 1. The van der Waals surface area contributed by atoms with Crippen LogP contribution in [0, 0.1) is 0 Å². The molecule has 164 valence electrons. The Morgan fingerprint density at radius 1 is 1.24 bits per heavy atom. The van der Waals surface area contributed by atoms with Gasteiger partial charge in [-0.15, -0.1) is 0 Å². The first-order valence-electron chi connectivity index (χ1n) is 10.9. The first-order valence-corrected chi connectivity index (χ1v) is 10.9. The van der Waals surface area contributed by atoms with Gasteiger partial charge in [0.2, 0.25) is 0 Å². The van der Waals surface area contributed by atoms with Gasteiger partial charge in [0.15, 0.2) is 0 Å². The van der Waals surface area contributed by atoms with E-state index < -0.39 is 11.7 Å². The molecule has 2 fully saturated rings. The van der Waals surface area contributed by atoms with Crippen LogP contribution < -0.4 is 0 Å². The number of rotatable bonds is 6. The molecule has 0 aromatic heterocycles. The molecule has 0 aliphatic carbocycles. The fourth-order valence-electron chi connectivity index (χ4n) is 5.15. The van der Waals surface area contributed by atoms with Gasteiger partial charge in [0.05, 0.1) is 5.56 Å². The minimum Gasteiger partial charge on any atom is -0.305 e. The molecular formula is C23H36F3N3. The van der Waals surface area contributed by atoms with E-state index in [2.05, 4.69) is 42.6 Å². The maximum absolute atomic E-state index is 13.1. The van der Waals surface area contributed by atoms with Crippen LogP contribution >= 0.6 is 0 Å². The van der Waals surface area contributed by atoms with Crippen LogP contribution in [-0.4, -0.2) is 72.6 Å². The number of likely N-dealkylation sites (N-methyl/N-ethyl adjacent to an activating group) is 2. The zero-order chi connectivity index (χ0) is 21.2. The Morgan fingerprint density at radius 2 is 2.00 bits per heavy atom. The summed E-state index contributed by atoms with van der Waals surface area (Å²) >= 11 is 0. The van der Waals surface area contributed by atoms with Crippen LogP contribution in [0.15, 0.2) is 24.3 Å². The van der Waals surface area contributed by atoms with E-state index in [0.29, 0.717) is 18.5 Å². The summed E-state index contributed by atoms with van der Waals surface area (Å²) in [5.41, 5.74) is 0.271. The molecule has 0 spiro atoms. The van der Waals surface area contributed by atoms with Crippen molar-refractivity contribution < 1.29 is 13.2 Å². The first kappa shape index (κ1) is 22.6. The number of hydrogen-bond acceptors (Lipinski definition) is 3. The Labute approximate surface area is 173 Å². The number of likely N-dealkylation sites (tertiary alicyclic amines) is 2. The van der Waals surface area contributed by atoms with E-state index in [1.54, 1.807) is 6.07 Å². The van der Waals surface area contributed by atoms with Gasteiger partial charge in [-0.3, -0.25) is 9.80 Å². The molecule has 0 unspecified atom stereocenters. The molecule has 3 nitrogen and oxygen atoms in total. The molecular weight excluding hydrogens is 375 g/mol. The number of hydrogen-bond donors (Lipinski definition) is 0. The van der Waals surface area contributed by atoms with Crippen LogP contribution in [0.4, 0.5) is 13.2 Å². The van der Waals surface area contributed by atoms with Crippen LogP contribution in [-0.2, 0) is 12.6 Å². The van der Waals surface area contributed by atoms with E-state index in [1.807, 2.05) is 6.07 Å². The smallest absolute Gasteiger partial charge is 0.305 e. The van der Waals surface area contributed by atoms with Gasteiger partial charge in [0, 0.05) is 30.7 Å². The fourth-order valence-corrected chi connectivity index (χ4v) is 5.15. The second kappa shape index (κ2) is 8.94. The number of halogens is 3. The van der Waals surface area contributed by atoms with Crippen molar-refractivity contribution in [1.29, 1.82) is 0 Å². The van der Waals surface area contributed by atoms with Gasteiger partial charge in [-0.2, -0.15) is 13.2 Å². The van der Waals surface area contributed by atoms with Crippen molar-refractivity contribution in [3.8, 4) is 0 Å². The fraction of sp³-hybridized carbons (Fsp3) is 0.739. The summed E-state index contributed by atoms with van der Waals surface area (Å²) in [6.45, 7) is 8.79. The molecule has 1 aromatic rings. The lowest BCUT2D eigenvalue weighted by Gasteiger charge is -2.52. The number of benzene rings is 1. The van der Waals surface area contributed by atoms with Crippen molar-refractivity contribution in [2.45, 2.75) is 69.8 Å². The molecule has 2 saturated heterocycles. The van der Waals surface area contributed by atoms with E-state index in [4.69, 9.17) is 0 Å². The number of alkyl halides is 3. The molecule has 0 amide bonds.